The number of ketones is 1. The molecule has 2 rings (SSSR count). The largest absolute Gasteiger partial charge is 0.463 e. The van der Waals surface area contributed by atoms with E-state index in [0.717, 1.165) is 0 Å². The number of nitrogens with zero attached hydrogens (tertiary/aromatic N) is 1. The Labute approximate surface area is 136 Å². The van der Waals surface area contributed by atoms with E-state index in [2.05, 4.69) is 10.2 Å². The van der Waals surface area contributed by atoms with Crippen LogP contribution in [0, 0.1) is 0 Å². The van der Waals surface area contributed by atoms with E-state index in [1.165, 1.54) is 24.4 Å². The Hall–Kier alpha value is -2.05. The lowest BCUT2D eigenvalue weighted by molar-refractivity contribution is -0.147. The van der Waals surface area contributed by atoms with E-state index >= 15 is 0 Å². The van der Waals surface area contributed by atoms with Gasteiger partial charge in [0.1, 0.15) is 11.4 Å². The van der Waals surface area contributed by atoms with Crippen molar-refractivity contribution < 1.29 is 19.1 Å². The molecule has 0 aliphatic carbocycles. The number of halogens is 2. The molecule has 6 nitrogen and oxygen atoms in total. The second-order valence-electron chi connectivity index (χ2n) is 4.13. The molecular weight excluding hydrogens is 331 g/mol. The highest BCUT2D eigenvalue weighted by Crippen LogP contribution is 2.25. The van der Waals surface area contributed by atoms with E-state index in [4.69, 9.17) is 32.7 Å². The molecule has 8 heteroatoms. The van der Waals surface area contributed by atoms with Crippen LogP contribution in [0.3, 0.4) is 0 Å². The predicted molar refractivity (Wildman–Crippen MR) is 80.4 cm³/mol. The van der Waals surface area contributed by atoms with Crippen LogP contribution in [0.1, 0.15) is 23.0 Å². The number of hydrogen-bond donors (Lipinski definition) is 1. The number of alkyl halides is 1. The van der Waals surface area contributed by atoms with Gasteiger partial charge in [-0.15, -0.1) is 0 Å². The van der Waals surface area contributed by atoms with Gasteiger partial charge in [-0.05, 0) is 31.2 Å². The van der Waals surface area contributed by atoms with Crippen molar-refractivity contribution in [1.82, 2.24) is 10.2 Å². The summed E-state index contributed by atoms with van der Waals surface area (Å²) in [6.45, 7) is 1.86. The lowest BCUT2D eigenvalue weighted by Gasteiger charge is -2.12. The van der Waals surface area contributed by atoms with E-state index in [0.29, 0.717) is 5.69 Å². The van der Waals surface area contributed by atoms with Crippen LogP contribution in [0.5, 0.6) is 5.75 Å². The summed E-state index contributed by atoms with van der Waals surface area (Å²) in [6.07, 6.45) is 1.47. The van der Waals surface area contributed by atoms with Gasteiger partial charge in [-0.3, -0.25) is 9.89 Å². The van der Waals surface area contributed by atoms with E-state index in [1.54, 1.807) is 13.0 Å². The van der Waals surface area contributed by atoms with Gasteiger partial charge in [0, 0.05) is 11.8 Å². The zero-order valence-electron chi connectivity index (χ0n) is 11.5. The van der Waals surface area contributed by atoms with Crippen molar-refractivity contribution in [1.29, 1.82) is 0 Å². The number of benzene rings is 1. The van der Waals surface area contributed by atoms with Crippen molar-refractivity contribution in [2.45, 2.75) is 12.5 Å². The Kier molecular flexibility index (Phi) is 5.41. The van der Waals surface area contributed by atoms with Gasteiger partial charge in [-0.1, -0.05) is 23.2 Å². The van der Waals surface area contributed by atoms with Crippen LogP contribution in [0.25, 0.3) is 0 Å². The minimum absolute atomic E-state index is 0.171. The SMILES string of the molecule is CCOC(=O)C(Cl)Oc1ccc(C(=O)c2ccn[nH]2)c(Cl)c1. The molecule has 22 heavy (non-hydrogen) atoms. The van der Waals surface area contributed by atoms with Gasteiger partial charge in [-0.2, -0.15) is 5.10 Å². The van der Waals surface area contributed by atoms with Crippen molar-refractivity contribution >= 4 is 35.0 Å². The Morgan fingerprint density at radius 2 is 2.14 bits per heavy atom. The maximum atomic E-state index is 12.2. The van der Waals surface area contributed by atoms with Gasteiger partial charge in [0.2, 0.25) is 5.78 Å². The molecule has 1 heterocycles. The first-order chi connectivity index (χ1) is 10.5. The summed E-state index contributed by atoms with van der Waals surface area (Å²) in [5.41, 5.74) is -0.692. The first-order valence-corrected chi connectivity index (χ1v) is 7.15. The Balaban J connectivity index is 2.13. The van der Waals surface area contributed by atoms with Crippen LogP contribution in [-0.4, -0.2) is 34.1 Å². The molecule has 1 aromatic carbocycles. The number of nitrogens with one attached hydrogen (secondary N) is 1. The number of carbonyl (C=O) groups is 2. The van der Waals surface area contributed by atoms with Crippen LogP contribution in [-0.2, 0) is 9.53 Å². The van der Waals surface area contributed by atoms with Gasteiger partial charge < -0.3 is 9.47 Å². The molecule has 0 bridgehead atoms. The smallest absolute Gasteiger partial charge is 0.363 e. The third kappa shape index (κ3) is 3.78. The normalized spacial score (nSPS) is 11.8. The van der Waals surface area contributed by atoms with Crippen LogP contribution >= 0.6 is 23.2 Å². The molecule has 0 aliphatic rings. The molecule has 0 radical (unpaired) electrons. The molecule has 1 unspecified atom stereocenters. The Bertz CT molecular complexity index is 673. The van der Waals surface area contributed by atoms with Crippen LogP contribution in [0.15, 0.2) is 30.5 Å². The Morgan fingerprint density at radius 3 is 2.73 bits per heavy atom. The highest BCUT2D eigenvalue weighted by molar-refractivity contribution is 6.35. The first-order valence-electron chi connectivity index (χ1n) is 6.34. The fourth-order valence-corrected chi connectivity index (χ4v) is 2.08. The van der Waals surface area contributed by atoms with Crippen molar-refractivity contribution in [3.63, 3.8) is 0 Å². The number of carbonyl (C=O) groups excluding carboxylic acids is 2. The highest BCUT2D eigenvalue weighted by atomic mass is 35.5. The number of H-pyrrole nitrogens is 1. The average Bonchev–Trinajstić information content (AvgIpc) is 3.01. The Morgan fingerprint density at radius 1 is 1.36 bits per heavy atom. The third-order valence-corrected chi connectivity index (χ3v) is 3.22. The summed E-state index contributed by atoms with van der Waals surface area (Å²) in [4.78, 5) is 23.5. The highest BCUT2D eigenvalue weighted by Gasteiger charge is 2.20. The maximum absolute atomic E-state index is 12.2. The lowest BCUT2D eigenvalue weighted by Crippen LogP contribution is -2.23. The number of esters is 1. The average molecular weight is 343 g/mol. The summed E-state index contributed by atoms with van der Waals surface area (Å²) in [5.74, 6) is -0.751. The topological polar surface area (TPSA) is 81.3 Å². The molecule has 0 fully saturated rings. The summed E-state index contributed by atoms with van der Waals surface area (Å²) >= 11 is 11.8. The van der Waals surface area contributed by atoms with E-state index in [1.807, 2.05) is 0 Å². The third-order valence-electron chi connectivity index (χ3n) is 2.64. The fourth-order valence-electron chi connectivity index (χ4n) is 1.66. The second-order valence-corrected chi connectivity index (χ2v) is 4.93. The van der Waals surface area contributed by atoms with Gasteiger partial charge in [0.25, 0.3) is 5.56 Å². The van der Waals surface area contributed by atoms with Crippen molar-refractivity contribution in [3.05, 3.63) is 46.7 Å². The summed E-state index contributed by atoms with van der Waals surface area (Å²) in [6, 6.07) is 5.91. The first kappa shape index (κ1) is 16.3. The molecule has 116 valence electrons. The summed E-state index contributed by atoms with van der Waals surface area (Å²) in [7, 11) is 0. The summed E-state index contributed by atoms with van der Waals surface area (Å²) < 4.78 is 9.93. The van der Waals surface area contributed by atoms with Gasteiger partial charge in [-0.25, -0.2) is 4.79 Å². The van der Waals surface area contributed by atoms with Crippen molar-refractivity contribution in [2.24, 2.45) is 0 Å². The zero-order chi connectivity index (χ0) is 16.1. The standard InChI is InChI=1S/C14H12Cl2N2O4/c1-2-21-14(20)13(16)22-8-3-4-9(10(15)7-8)12(19)11-5-6-17-18-11/h3-7,13H,2H2,1H3,(H,17,18). The van der Waals surface area contributed by atoms with Gasteiger partial charge >= 0.3 is 5.97 Å². The number of ether oxygens (including phenoxy) is 2. The molecule has 0 saturated heterocycles. The zero-order valence-corrected chi connectivity index (χ0v) is 13.0. The van der Waals surface area contributed by atoms with Crippen LogP contribution < -0.4 is 4.74 Å². The number of aromatic nitrogens is 2. The minimum atomic E-state index is -1.29. The summed E-state index contributed by atoms with van der Waals surface area (Å²) in [5, 5.41) is 6.45. The molecule has 1 atom stereocenters. The minimum Gasteiger partial charge on any atom is -0.463 e. The van der Waals surface area contributed by atoms with Crippen LogP contribution in [0.2, 0.25) is 5.02 Å². The maximum Gasteiger partial charge on any atom is 0.363 e. The number of rotatable bonds is 6. The molecular formula is C14H12Cl2N2O4. The lowest BCUT2D eigenvalue weighted by atomic mass is 10.1. The van der Waals surface area contributed by atoms with E-state index < -0.39 is 11.5 Å². The molecule has 2 aromatic rings. The predicted octanol–water partition coefficient (Wildman–Crippen LogP) is 2.80. The van der Waals surface area contributed by atoms with Crippen LogP contribution in [0.4, 0.5) is 0 Å². The number of aromatic amines is 1. The van der Waals surface area contributed by atoms with E-state index in [9.17, 15) is 9.59 Å². The molecule has 1 aromatic heterocycles. The van der Waals surface area contributed by atoms with E-state index in [-0.39, 0.29) is 28.7 Å². The monoisotopic (exact) mass is 342 g/mol. The van der Waals surface area contributed by atoms with Crippen molar-refractivity contribution in [3.8, 4) is 5.75 Å². The quantitative estimate of drug-likeness (QED) is 0.496. The number of hydrogen-bond acceptors (Lipinski definition) is 5. The molecule has 1 N–H and O–H groups in total. The molecule has 0 aliphatic heterocycles. The van der Waals surface area contributed by atoms with Crippen molar-refractivity contribution in [2.75, 3.05) is 6.61 Å². The molecule has 0 saturated carbocycles. The van der Waals surface area contributed by atoms with Gasteiger partial charge in [0.05, 0.1) is 11.6 Å². The molecule has 0 amide bonds. The van der Waals surface area contributed by atoms with Gasteiger partial charge in [0.15, 0.2) is 0 Å². The fraction of sp³-hybridized carbons (Fsp3) is 0.214. The molecule has 0 spiro atoms. The second kappa shape index (κ2) is 7.29.